The number of methoxy groups -OCH3 is 1. The first-order chi connectivity index (χ1) is 19.4. The lowest BCUT2D eigenvalue weighted by Gasteiger charge is -2.28. The number of amides is 2. The molecular weight excluding hydrogens is 566 g/mol. The Morgan fingerprint density at radius 2 is 1.63 bits per heavy atom. The molecule has 0 unspecified atom stereocenters. The van der Waals surface area contributed by atoms with E-state index in [9.17, 15) is 27.6 Å². The third-order valence-corrected chi connectivity index (χ3v) is 9.91. The number of carbonyl (C=O) groups excluding carboxylic acids is 4. The SMILES string of the molecule is COC(=O)c1ccc(N(C)C(=O)CN(C)C(=O)[C@@H]2C[C@@H](SC(C)=O)CN2S(=O)(=O)c2cccc3ccccc23)cc1. The third-order valence-electron chi connectivity index (χ3n) is 6.97. The molecule has 3 aromatic carbocycles. The van der Waals surface area contributed by atoms with Gasteiger partial charge in [0.15, 0.2) is 5.12 Å². The van der Waals surface area contributed by atoms with Gasteiger partial charge in [0, 0.05) is 43.9 Å². The van der Waals surface area contributed by atoms with Gasteiger partial charge in [-0.05, 0) is 42.1 Å². The molecule has 3 aromatic rings. The van der Waals surface area contributed by atoms with Crippen LogP contribution in [0.25, 0.3) is 10.8 Å². The summed E-state index contributed by atoms with van der Waals surface area (Å²) in [5.74, 6) is -1.46. The molecule has 1 aliphatic rings. The maximum atomic E-state index is 14.0. The zero-order chi connectivity index (χ0) is 29.9. The number of ether oxygens (including phenoxy) is 1. The highest BCUT2D eigenvalue weighted by Gasteiger charge is 2.46. The molecule has 1 heterocycles. The highest BCUT2D eigenvalue weighted by Crippen LogP contribution is 2.35. The first kappa shape index (κ1) is 30.2. The summed E-state index contributed by atoms with van der Waals surface area (Å²) in [6.45, 7) is 1.08. The number of benzene rings is 3. The summed E-state index contributed by atoms with van der Waals surface area (Å²) in [6, 6.07) is 17.2. The van der Waals surface area contributed by atoms with Gasteiger partial charge in [-0.1, -0.05) is 48.2 Å². The second-order valence-electron chi connectivity index (χ2n) is 9.72. The molecule has 0 bridgehead atoms. The van der Waals surface area contributed by atoms with Gasteiger partial charge in [0.2, 0.25) is 21.8 Å². The maximum absolute atomic E-state index is 14.0. The number of nitrogens with zero attached hydrogens (tertiary/aromatic N) is 3. The number of rotatable bonds is 8. The van der Waals surface area contributed by atoms with Crippen LogP contribution in [0.3, 0.4) is 0 Å². The Morgan fingerprint density at radius 1 is 0.976 bits per heavy atom. The smallest absolute Gasteiger partial charge is 0.337 e. The Labute approximate surface area is 243 Å². The minimum absolute atomic E-state index is 0.0135. The quantitative estimate of drug-likeness (QED) is 0.363. The number of hydrogen-bond acceptors (Lipinski definition) is 8. The van der Waals surface area contributed by atoms with Crippen molar-refractivity contribution >= 4 is 61.1 Å². The van der Waals surface area contributed by atoms with Crippen molar-refractivity contribution in [2.75, 3.05) is 39.2 Å². The van der Waals surface area contributed by atoms with E-state index in [2.05, 4.69) is 0 Å². The molecule has 0 saturated carbocycles. The zero-order valence-corrected chi connectivity index (χ0v) is 24.8. The molecule has 216 valence electrons. The topological polar surface area (TPSA) is 121 Å². The summed E-state index contributed by atoms with van der Waals surface area (Å²) in [4.78, 5) is 52.9. The predicted molar refractivity (Wildman–Crippen MR) is 157 cm³/mol. The second kappa shape index (κ2) is 12.4. The van der Waals surface area contributed by atoms with E-state index >= 15 is 0 Å². The molecule has 1 saturated heterocycles. The lowest BCUT2D eigenvalue weighted by atomic mass is 10.1. The van der Waals surface area contributed by atoms with E-state index in [0.717, 1.165) is 21.5 Å². The van der Waals surface area contributed by atoms with E-state index in [1.54, 1.807) is 37.4 Å². The van der Waals surface area contributed by atoms with Crippen LogP contribution in [0.4, 0.5) is 5.69 Å². The van der Waals surface area contributed by atoms with Crippen LogP contribution in [-0.4, -0.2) is 86.1 Å². The zero-order valence-electron chi connectivity index (χ0n) is 23.1. The molecule has 1 aliphatic heterocycles. The van der Waals surface area contributed by atoms with Gasteiger partial charge in [-0.3, -0.25) is 14.4 Å². The number of hydrogen-bond donors (Lipinski definition) is 0. The number of thioether (sulfide) groups is 1. The lowest BCUT2D eigenvalue weighted by molar-refractivity contribution is -0.136. The molecule has 12 heteroatoms. The van der Waals surface area contributed by atoms with E-state index in [1.165, 1.54) is 49.1 Å². The van der Waals surface area contributed by atoms with Gasteiger partial charge in [0.1, 0.15) is 6.04 Å². The fourth-order valence-electron chi connectivity index (χ4n) is 4.85. The van der Waals surface area contributed by atoms with E-state index < -0.39 is 39.1 Å². The molecular formula is C29H31N3O7S2. The Bertz CT molecular complexity index is 1590. The number of fused-ring (bicyclic) bond motifs is 1. The van der Waals surface area contributed by atoms with Crippen molar-refractivity contribution in [1.29, 1.82) is 0 Å². The summed E-state index contributed by atoms with van der Waals surface area (Å²) < 4.78 is 33.8. The van der Waals surface area contributed by atoms with Gasteiger partial charge in [0.05, 0.1) is 24.1 Å². The summed E-state index contributed by atoms with van der Waals surface area (Å²) in [7, 11) is 0.130. The maximum Gasteiger partial charge on any atom is 0.337 e. The Balaban J connectivity index is 1.56. The summed E-state index contributed by atoms with van der Waals surface area (Å²) in [6.07, 6.45) is 0.135. The number of sulfonamides is 1. The molecule has 10 nitrogen and oxygen atoms in total. The standard InChI is InChI=1S/C29H31N3O7S2/c1-19(33)40-23-16-25(32(17-23)41(37,38)26-11-7-9-20-8-5-6-10-24(20)26)28(35)30(2)18-27(34)31(3)22-14-12-21(13-15-22)29(36)39-4/h5-15,23,25H,16-18H2,1-4H3/t23-,25+/m1/s1. The monoisotopic (exact) mass is 597 g/mol. The Morgan fingerprint density at radius 3 is 2.29 bits per heavy atom. The van der Waals surface area contributed by atoms with Crippen LogP contribution in [0.5, 0.6) is 0 Å². The van der Waals surface area contributed by atoms with Gasteiger partial charge in [-0.15, -0.1) is 0 Å². The second-order valence-corrected chi connectivity index (χ2v) is 13.1. The van der Waals surface area contributed by atoms with Gasteiger partial charge in [0.25, 0.3) is 0 Å². The predicted octanol–water partition coefficient (Wildman–Crippen LogP) is 3.16. The van der Waals surface area contributed by atoms with Gasteiger partial charge >= 0.3 is 5.97 Å². The summed E-state index contributed by atoms with van der Waals surface area (Å²) in [5, 5.41) is 0.697. The fraction of sp³-hybridized carbons (Fsp3) is 0.310. The van der Waals surface area contributed by atoms with Crippen molar-refractivity contribution in [2.45, 2.75) is 29.5 Å². The lowest BCUT2D eigenvalue weighted by Crippen LogP contribution is -2.49. The molecule has 0 spiro atoms. The summed E-state index contributed by atoms with van der Waals surface area (Å²) >= 11 is 1.01. The van der Waals surface area contributed by atoms with Crippen molar-refractivity contribution in [3.8, 4) is 0 Å². The molecule has 4 rings (SSSR count). The van der Waals surface area contributed by atoms with Gasteiger partial charge in [-0.2, -0.15) is 4.31 Å². The van der Waals surface area contributed by atoms with Crippen molar-refractivity contribution in [2.24, 2.45) is 0 Å². The van der Waals surface area contributed by atoms with Gasteiger partial charge < -0.3 is 14.5 Å². The average Bonchev–Trinajstić information content (AvgIpc) is 3.39. The molecule has 2 atom stereocenters. The number of esters is 1. The van der Waals surface area contributed by atoms with E-state index in [4.69, 9.17) is 4.74 Å². The minimum Gasteiger partial charge on any atom is -0.465 e. The van der Waals surface area contributed by atoms with Crippen molar-refractivity contribution in [1.82, 2.24) is 9.21 Å². The molecule has 0 aliphatic carbocycles. The van der Waals surface area contributed by atoms with Crippen LogP contribution >= 0.6 is 11.8 Å². The number of anilines is 1. The van der Waals surface area contributed by atoms with Crippen LogP contribution in [0.2, 0.25) is 0 Å². The van der Waals surface area contributed by atoms with E-state index in [1.807, 2.05) is 18.2 Å². The van der Waals surface area contributed by atoms with E-state index in [0.29, 0.717) is 16.6 Å². The third kappa shape index (κ3) is 6.45. The molecule has 0 N–H and O–H groups in total. The highest BCUT2D eigenvalue weighted by atomic mass is 32.2. The molecule has 0 radical (unpaired) electrons. The van der Waals surface area contributed by atoms with Gasteiger partial charge in [-0.25, -0.2) is 13.2 Å². The minimum atomic E-state index is -4.13. The van der Waals surface area contributed by atoms with Crippen molar-refractivity contribution < 1.29 is 32.3 Å². The summed E-state index contributed by atoms with van der Waals surface area (Å²) in [5.41, 5.74) is 0.832. The van der Waals surface area contributed by atoms with Crippen LogP contribution in [0.15, 0.2) is 71.6 Å². The first-order valence-corrected chi connectivity index (χ1v) is 15.1. The Hall–Kier alpha value is -3.74. The Kier molecular flexibility index (Phi) is 9.15. The van der Waals surface area contributed by atoms with Crippen LogP contribution in [-0.2, 0) is 29.1 Å². The molecule has 0 aromatic heterocycles. The molecule has 41 heavy (non-hydrogen) atoms. The van der Waals surface area contributed by atoms with Crippen LogP contribution in [0, 0.1) is 0 Å². The largest absolute Gasteiger partial charge is 0.465 e. The van der Waals surface area contributed by atoms with Crippen molar-refractivity contribution in [3.05, 3.63) is 72.3 Å². The average molecular weight is 598 g/mol. The van der Waals surface area contributed by atoms with Crippen LogP contribution in [0.1, 0.15) is 23.7 Å². The normalized spacial score (nSPS) is 17.3. The first-order valence-electron chi connectivity index (χ1n) is 12.8. The van der Waals surface area contributed by atoms with Crippen molar-refractivity contribution in [3.63, 3.8) is 0 Å². The molecule has 1 fully saturated rings. The highest BCUT2D eigenvalue weighted by molar-refractivity contribution is 8.14. The number of likely N-dealkylation sites (N-methyl/N-ethyl adjacent to an activating group) is 2. The molecule has 2 amide bonds. The van der Waals surface area contributed by atoms with E-state index in [-0.39, 0.29) is 29.5 Å². The fourth-order valence-corrected chi connectivity index (χ4v) is 7.78. The number of carbonyl (C=O) groups is 4. The van der Waals surface area contributed by atoms with Crippen LogP contribution < -0.4 is 4.90 Å².